The molecule has 0 aliphatic carbocycles. The lowest BCUT2D eigenvalue weighted by atomic mass is 9.99. The molecule has 0 bridgehead atoms. The maximum atomic E-state index is 14.0. The smallest absolute Gasteiger partial charge is 0.253 e. The van der Waals surface area contributed by atoms with Crippen molar-refractivity contribution in [3.8, 4) is 0 Å². The van der Waals surface area contributed by atoms with Gasteiger partial charge in [0.25, 0.3) is 5.91 Å². The third-order valence-corrected chi connectivity index (χ3v) is 7.22. The first-order valence-electron chi connectivity index (χ1n) is 14.7. The number of hydrogen-bond donors (Lipinski definition) is 1. The molecule has 44 heavy (non-hydrogen) atoms. The molecular formula is C34H39F2N3O5. The summed E-state index contributed by atoms with van der Waals surface area (Å²) in [6.45, 7) is 8.33. The number of benzene rings is 2. The normalized spacial score (nSPS) is 14.9. The SMILES string of the molecule is CC=CC=C(CC=CC)OCCN(C)C(=O)c1cc(C(C)Nc2cc(F)cc(F)c2)c2oc(N3CCOCC3)cc(=O)c2c1. The van der Waals surface area contributed by atoms with E-state index in [0.717, 1.165) is 11.8 Å². The van der Waals surface area contributed by atoms with Crippen LogP contribution in [0.1, 0.15) is 49.2 Å². The Hall–Kier alpha value is -4.44. The zero-order valence-corrected chi connectivity index (χ0v) is 25.6. The van der Waals surface area contributed by atoms with Gasteiger partial charge in [0.05, 0.1) is 36.9 Å². The van der Waals surface area contributed by atoms with Crippen molar-refractivity contribution in [3.05, 3.63) is 106 Å². The van der Waals surface area contributed by atoms with Crippen LogP contribution in [0.25, 0.3) is 11.0 Å². The standard InChI is InChI=1S/C34H39F2N3O5/c1-5-7-9-28(10-8-6-2)43-16-11-38(4)34(41)24-17-29(23(3)37-27-20-25(35)19-26(36)21-27)33-30(18-24)31(40)22-32(44-33)39-12-14-42-15-13-39/h5-9,17-23,37H,10-16H2,1-4H3. The monoisotopic (exact) mass is 607 g/mol. The molecule has 1 saturated heterocycles. The number of likely N-dealkylation sites (N-methyl/N-ethyl adjacent to an activating group) is 1. The van der Waals surface area contributed by atoms with Gasteiger partial charge >= 0.3 is 0 Å². The van der Waals surface area contributed by atoms with Crippen LogP contribution in [0.15, 0.2) is 81.7 Å². The van der Waals surface area contributed by atoms with Crippen molar-refractivity contribution in [1.29, 1.82) is 0 Å². The van der Waals surface area contributed by atoms with Crippen molar-refractivity contribution in [1.82, 2.24) is 4.90 Å². The van der Waals surface area contributed by atoms with Crippen molar-refractivity contribution < 1.29 is 27.5 Å². The number of allylic oxidation sites excluding steroid dienone is 5. The van der Waals surface area contributed by atoms with E-state index in [1.54, 1.807) is 20.0 Å². The van der Waals surface area contributed by atoms with E-state index < -0.39 is 17.7 Å². The molecule has 0 radical (unpaired) electrons. The van der Waals surface area contributed by atoms with E-state index in [9.17, 15) is 18.4 Å². The first-order chi connectivity index (χ1) is 21.2. The third kappa shape index (κ3) is 8.35. The molecular weight excluding hydrogens is 568 g/mol. The molecule has 1 aromatic heterocycles. The minimum Gasteiger partial charge on any atom is -0.496 e. The molecule has 1 N–H and O–H groups in total. The third-order valence-electron chi connectivity index (χ3n) is 7.22. The number of carbonyl (C=O) groups excluding carboxylic acids is 1. The number of nitrogens with one attached hydrogen (secondary N) is 1. The largest absolute Gasteiger partial charge is 0.496 e. The Labute approximate surface area is 256 Å². The number of fused-ring (bicyclic) bond motifs is 1. The number of ether oxygens (including phenoxy) is 2. The van der Waals surface area contributed by atoms with Gasteiger partial charge in [-0.05, 0) is 51.1 Å². The Bertz CT molecular complexity index is 1590. The van der Waals surface area contributed by atoms with E-state index in [1.807, 2.05) is 49.1 Å². The number of anilines is 2. The predicted octanol–water partition coefficient (Wildman–Crippen LogP) is 6.60. The first kappa shape index (κ1) is 32.5. The molecule has 0 spiro atoms. The molecule has 1 unspecified atom stereocenters. The van der Waals surface area contributed by atoms with Gasteiger partial charge in [0.15, 0.2) is 11.3 Å². The summed E-state index contributed by atoms with van der Waals surface area (Å²) in [6.07, 6.45) is 10.3. The fourth-order valence-electron chi connectivity index (χ4n) is 4.87. The second kappa shape index (κ2) is 15.3. The molecule has 2 heterocycles. The molecule has 1 atom stereocenters. The highest BCUT2D eigenvalue weighted by Gasteiger charge is 2.23. The highest BCUT2D eigenvalue weighted by atomic mass is 19.1. The second-order valence-corrected chi connectivity index (χ2v) is 10.5. The van der Waals surface area contributed by atoms with Gasteiger partial charge in [-0.2, -0.15) is 0 Å². The summed E-state index contributed by atoms with van der Waals surface area (Å²) in [4.78, 5) is 30.5. The Morgan fingerprint density at radius 3 is 2.50 bits per heavy atom. The van der Waals surface area contributed by atoms with Gasteiger partial charge in [-0.3, -0.25) is 9.59 Å². The molecule has 1 fully saturated rings. The quantitative estimate of drug-likeness (QED) is 0.141. The fourth-order valence-corrected chi connectivity index (χ4v) is 4.87. The van der Waals surface area contributed by atoms with Crippen molar-refractivity contribution in [2.45, 2.75) is 33.2 Å². The molecule has 0 saturated carbocycles. The van der Waals surface area contributed by atoms with Crippen LogP contribution in [0, 0.1) is 11.6 Å². The van der Waals surface area contributed by atoms with Gasteiger partial charge in [0.1, 0.15) is 23.8 Å². The van der Waals surface area contributed by atoms with Gasteiger partial charge < -0.3 is 29.0 Å². The summed E-state index contributed by atoms with van der Waals surface area (Å²) in [5, 5.41) is 3.32. The molecule has 1 aliphatic rings. The maximum absolute atomic E-state index is 14.0. The van der Waals surface area contributed by atoms with E-state index in [4.69, 9.17) is 13.9 Å². The van der Waals surface area contributed by atoms with Gasteiger partial charge in [-0.15, -0.1) is 0 Å². The number of carbonyl (C=O) groups is 1. The molecule has 234 valence electrons. The number of hydrogen-bond acceptors (Lipinski definition) is 7. The predicted molar refractivity (Wildman–Crippen MR) is 169 cm³/mol. The minimum absolute atomic E-state index is 0.209. The molecule has 8 nitrogen and oxygen atoms in total. The topological polar surface area (TPSA) is 84.2 Å². The van der Waals surface area contributed by atoms with Crippen molar-refractivity contribution in [2.75, 3.05) is 56.7 Å². The van der Waals surface area contributed by atoms with E-state index in [2.05, 4.69) is 5.32 Å². The van der Waals surface area contributed by atoms with Gasteiger partial charge in [-0.1, -0.05) is 24.3 Å². The summed E-state index contributed by atoms with van der Waals surface area (Å²) in [6, 6.07) is 7.17. The number of halogens is 2. The summed E-state index contributed by atoms with van der Waals surface area (Å²) in [7, 11) is 1.66. The molecule has 10 heteroatoms. The van der Waals surface area contributed by atoms with Gasteiger partial charge in [-0.25, -0.2) is 8.78 Å². The number of rotatable bonds is 12. The lowest BCUT2D eigenvalue weighted by Gasteiger charge is -2.27. The summed E-state index contributed by atoms with van der Waals surface area (Å²) >= 11 is 0. The first-order valence-corrected chi connectivity index (χ1v) is 14.7. The Balaban J connectivity index is 1.66. The zero-order chi connectivity index (χ0) is 31.6. The number of amides is 1. The van der Waals surface area contributed by atoms with Crippen LogP contribution in [0.4, 0.5) is 20.4 Å². The highest BCUT2D eigenvalue weighted by molar-refractivity contribution is 5.98. The van der Waals surface area contributed by atoms with Crippen LogP contribution in [0.3, 0.4) is 0 Å². The molecule has 3 aromatic rings. The summed E-state index contributed by atoms with van der Waals surface area (Å²) in [5.41, 5.74) is 0.970. The van der Waals surface area contributed by atoms with Crippen LogP contribution in [0.5, 0.6) is 0 Å². The zero-order valence-electron chi connectivity index (χ0n) is 25.6. The van der Waals surface area contributed by atoms with E-state index in [1.165, 1.54) is 29.2 Å². The van der Waals surface area contributed by atoms with Crippen LogP contribution in [-0.2, 0) is 9.47 Å². The molecule has 1 amide bonds. The average molecular weight is 608 g/mol. The molecule has 4 rings (SSSR count). The van der Waals surface area contributed by atoms with Crippen molar-refractivity contribution in [2.24, 2.45) is 0 Å². The van der Waals surface area contributed by atoms with Crippen LogP contribution >= 0.6 is 0 Å². The average Bonchev–Trinajstić information content (AvgIpc) is 3.01. The van der Waals surface area contributed by atoms with Gasteiger partial charge in [0.2, 0.25) is 0 Å². The Morgan fingerprint density at radius 2 is 1.82 bits per heavy atom. The van der Waals surface area contributed by atoms with E-state index in [-0.39, 0.29) is 34.6 Å². The van der Waals surface area contributed by atoms with Crippen LogP contribution in [-0.4, -0.2) is 57.3 Å². The fraction of sp³-hybridized carbons (Fsp3) is 0.353. The Morgan fingerprint density at radius 1 is 1.09 bits per heavy atom. The van der Waals surface area contributed by atoms with Crippen LogP contribution in [0.2, 0.25) is 0 Å². The van der Waals surface area contributed by atoms with Crippen LogP contribution < -0.4 is 15.6 Å². The van der Waals surface area contributed by atoms with Crippen molar-refractivity contribution in [3.63, 3.8) is 0 Å². The molecule has 2 aromatic carbocycles. The lowest BCUT2D eigenvalue weighted by Crippen LogP contribution is -2.36. The number of nitrogens with zero attached hydrogens (tertiary/aromatic N) is 2. The summed E-state index contributed by atoms with van der Waals surface area (Å²) in [5.74, 6) is -0.605. The highest BCUT2D eigenvalue weighted by Crippen LogP contribution is 2.31. The lowest BCUT2D eigenvalue weighted by molar-refractivity contribution is 0.0749. The van der Waals surface area contributed by atoms with Crippen molar-refractivity contribution >= 4 is 28.4 Å². The van der Waals surface area contributed by atoms with E-state index in [0.29, 0.717) is 56.3 Å². The van der Waals surface area contributed by atoms with Gasteiger partial charge in [0, 0.05) is 55.5 Å². The number of morpholine rings is 1. The van der Waals surface area contributed by atoms with E-state index >= 15 is 0 Å². The Kier molecular flexibility index (Phi) is 11.3. The minimum atomic E-state index is -0.729. The molecule has 1 aliphatic heterocycles. The second-order valence-electron chi connectivity index (χ2n) is 10.5. The summed E-state index contributed by atoms with van der Waals surface area (Å²) < 4.78 is 45.6. The maximum Gasteiger partial charge on any atom is 0.253 e.